The van der Waals surface area contributed by atoms with Crippen molar-refractivity contribution < 1.29 is 9.53 Å². The molecule has 1 aromatic heterocycles. The van der Waals surface area contributed by atoms with Crippen LogP contribution in [0.15, 0.2) is 23.3 Å². The van der Waals surface area contributed by atoms with Crippen molar-refractivity contribution in [3.8, 4) is 5.88 Å². The maximum absolute atomic E-state index is 12.2. The van der Waals surface area contributed by atoms with Crippen LogP contribution in [0, 0.1) is 0 Å². The topological polar surface area (TPSA) is 78.9 Å². The summed E-state index contributed by atoms with van der Waals surface area (Å²) in [4.78, 5) is 23.0. The summed E-state index contributed by atoms with van der Waals surface area (Å²) in [6, 6.07) is 3.85. The third kappa shape index (κ3) is 8.32. The van der Waals surface area contributed by atoms with Crippen LogP contribution < -0.4 is 15.4 Å². The third-order valence-corrected chi connectivity index (χ3v) is 4.20. The normalized spacial score (nSPS) is 13.9. The van der Waals surface area contributed by atoms with Crippen LogP contribution in [-0.4, -0.2) is 54.5 Å². The molecule has 1 aromatic rings. The molecule has 2 heterocycles. The van der Waals surface area contributed by atoms with E-state index in [1.807, 2.05) is 24.0 Å². The van der Waals surface area contributed by atoms with Gasteiger partial charge in [-0.1, -0.05) is 19.4 Å². The first-order valence-corrected chi connectivity index (χ1v) is 9.61. The van der Waals surface area contributed by atoms with Crippen LogP contribution >= 0.6 is 24.0 Å². The van der Waals surface area contributed by atoms with Gasteiger partial charge < -0.3 is 20.3 Å². The number of aromatic nitrogens is 1. The molecule has 2 N–H and O–H groups in total. The molecular weight excluding hydrogens is 457 g/mol. The van der Waals surface area contributed by atoms with Crippen molar-refractivity contribution in [2.75, 3.05) is 32.8 Å². The van der Waals surface area contributed by atoms with Crippen LogP contribution in [0.1, 0.15) is 45.1 Å². The fourth-order valence-corrected chi connectivity index (χ4v) is 2.73. The highest BCUT2D eigenvalue weighted by molar-refractivity contribution is 14.0. The highest BCUT2D eigenvalue weighted by Crippen LogP contribution is 2.15. The van der Waals surface area contributed by atoms with E-state index < -0.39 is 0 Å². The van der Waals surface area contributed by atoms with Gasteiger partial charge in [-0.15, -0.1) is 24.0 Å². The SMILES string of the molecule is CCCCOc1ncccc1CN=C(NCC)NCC(=O)N1CCCC1.I. The number of amides is 1. The molecule has 1 aliphatic heterocycles. The van der Waals surface area contributed by atoms with Gasteiger partial charge in [-0.25, -0.2) is 9.98 Å². The molecule has 1 amide bonds. The highest BCUT2D eigenvalue weighted by Gasteiger charge is 2.17. The maximum atomic E-state index is 12.2. The zero-order valence-corrected chi connectivity index (χ0v) is 18.7. The minimum atomic E-state index is 0. The Balaban J connectivity index is 0.00000364. The second-order valence-electron chi connectivity index (χ2n) is 6.31. The van der Waals surface area contributed by atoms with E-state index >= 15 is 0 Å². The number of carbonyl (C=O) groups excluding carboxylic acids is 1. The van der Waals surface area contributed by atoms with Crippen molar-refractivity contribution >= 4 is 35.8 Å². The Labute approximate surface area is 179 Å². The number of nitrogens with one attached hydrogen (secondary N) is 2. The largest absolute Gasteiger partial charge is 0.477 e. The van der Waals surface area contributed by atoms with E-state index in [2.05, 4.69) is 27.5 Å². The molecule has 0 aliphatic carbocycles. The standard InChI is InChI=1S/C19H31N5O2.HI/c1-3-5-13-26-18-16(9-8-10-21-18)14-22-19(20-4-2)23-15-17(25)24-11-6-7-12-24;/h8-10H,3-7,11-15H2,1-2H3,(H2,20,22,23);1H. The van der Waals surface area contributed by atoms with E-state index in [1.54, 1.807) is 6.20 Å². The summed E-state index contributed by atoms with van der Waals surface area (Å²) < 4.78 is 5.75. The summed E-state index contributed by atoms with van der Waals surface area (Å²) in [5.41, 5.74) is 0.937. The number of halogens is 1. The van der Waals surface area contributed by atoms with E-state index in [0.29, 0.717) is 25.0 Å². The van der Waals surface area contributed by atoms with Gasteiger partial charge >= 0.3 is 0 Å². The fourth-order valence-electron chi connectivity index (χ4n) is 2.73. The van der Waals surface area contributed by atoms with Gasteiger partial charge in [-0.05, 0) is 32.3 Å². The molecule has 0 atom stereocenters. The molecule has 0 unspecified atom stereocenters. The Morgan fingerprint density at radius 2 is 2.07 bits per heavy atom. The molecule has 1 saturated heterocycles. The number of aliphatic imine (C=N–C) groups is 1. The average Bonchev–Trinajstić information content (AvgIpc) is 3.20. The molecule has 152 valence electrons. The summed E-state index contributed by atoms with van der Waals surface area (Å²) in [5, 5.41) is 6.30. The Morgan fingerprint density at radius 3 is 2.78 bits per heavy atom. The lowest BCUT2D eigenvalue weighted by Crippen LogP contribution is -2.44. The zero-order valence-electron chi connectivity index (χ0n) is 16.4. The molecule has 1 fully saturated rings. The molecule has 0 radical (unpaired) electrons. The number of likely N-dealkylation sites (tertiary alicyclic amines) is 1. The second kappa shape index (κ2) is 13.6. The number of guanidine groups is 1. The quantitative estimate of drug-likeness (QED) is 0.241. The van der Waals surface area contributed by atoms with Crippen molar-refractivity contribution in [3.63, 3.8) is 0 Å². The van der Waals surface area contributed by atoms with E-state index in [0.717, 1.165) is 50.9 Å². The molecular formula is C19H32IN5O2. The molecule has 0 bridgehead atoms. The number of unbranched alkanes of at least 4 members (excludes halogenated alkanes) is 1. The highest BCUT2D eigenvalue weighted by atomic mass is 127. The van der Waals surface area contributed by atoms with Gasteiger partial charge in [-0.3, -0.25) is 4.79 Å². The Bertz CT molecular complexity index is 591. The fraction of sp³-hybridized carbons (Fsp3) is 0.632. The van der Waals surface area contributed by atoms with Gasteiger partial charge in [0, 0.05) is 31.4 Å². The van der Waals surface area contributed by atoms with Crippen molar-refractivity contribution in [2.24, 2.45) is 4.99 Å². The summed E-state index contributed by atoms with van der Waals surface area (Å²) in [6.45, 7) is 7.96. The van der Waals surface area contributed by atoms with Gasteiger partial charge in [-0.2, -0.15) is 0 Å². The van der Waals surface area contributed by atoms with Gasteiger partial charge in [0.2, 0.25) is 11.8 Å². The number of ether oxygens (including phenoxy) is 1. The van der Waals surface area contributed by atoms with E-state index in [9.17, 15) is 4.79 Å². The molecule has 27 heavy (non-hydrogen) atoms. The second-order valence-corrected chi connectivity index (χ2v) is 6.31. The van der Waals surface area contributed by atoms with Gasteiger partial charge in [0.25, 0.3) is 0 Å². The van der Waals surface area contributed by atoms with Crippen molar-refractivity contribution in [3.05, 3.63) is 23.9 Å². The van der Waals surface area contributed by atoms with Gasteiger partial charge in [0.05, 0.1) is 19.7 Å². The predicted octanol–water partition coefficient (Wildman–Crippen LogP) is 2.56. The van der Waals surface area contributed by atoms with Crippen LogP contribution in [0.2, 0.25) is 0 Å². The van der Waals surface area contributed by atoms with E-state index in [-0.39, 0.29) is 36.4 Å². The number of pyridine rings is 1. The van der Waals surface area contributed by atoms with Crippen LogP contribution in [0.5, 0.6) is 5.88 Å². The molecule has 0 aromatic carbocycles. The van der Waals surface area contributed by atoms with Crippen LogP contribution in [0.3, 0.4) is 0 Å². The Hall–Kier alpha value is -1.58. The number of hydrogen-bond donors (Lipinski definition) is 2. The third-order valence-electron chi connectivity index (χ3n) is 4.20. The van der Waals surface area contributed by atoms with Crippen molar-refractivity contribution in [2.45, 2.75) is 46.1 Å². The molecule has 1 aliphatic rings. The first-order valence-electron chi connectivity index (χ1n) is 9.61. The molecule has 7 nitrogen and oxygen atoms in total. The maximum Gasteiger partial charge on any atom is 0.241 e. The predicted molar refractivity (Wildman–Crippen MR) is 119 cm³/mol. The Kier molecular flexibility index (Phi) is 11.8. The molecule has 0 saturated carbocycles. The number of nitrogens with zero attached hydrogens (tertiary/aromatic N) is 3. The molecule has 2 rings (SSSR count). The first-order chi connectivity index (χ1) is 12.7. The zero-order chi connectivity index (χ0) is 18.6. The summed E-state index contributed by atoms with van der Waals surface area (Å²) in [6.07, 6.45) is 6.01. The summed E-state index contributed by atoms with van der Waals surface area (Å²) in [5.74, 6) is 1.38. The van der Waals surface area contributed by atoms with Crippen LogP contribution in [0.25, 0.3) is 0 Å². The minimum absolute atomic E-state index is 0. The lowest BCUT2D eigenvalue weighted by Gasteiger charge is -2.17. The summed E-state index contributed by atoms with van der Waals surface area (Å²) >= 11 is 0. The lowest BCUT2D eigenvalue weighted by atomic mass is 10.2. The molecule has 0 spiro atoms. The lowest BCUT2D eigenvalue weighted by molar-refractivity contribution is -0.128. The smallest absolute Gasteiger partial charge is 0.241 e. The van der Waals surface area contributed by atoms with Crippen LogP contribution in [0.4, 0.5) is 0 Å². The first kappa shape index (κ1) is 23.5. The Morgan fingerprint density at radius 1 is 1.30 bits per heavy atom. The summed E-state index contributed by atoms with van der Waals surface area (Å²) in [7, 11) is 0. The number of rotatable bonds is 9. The molecule has 8 heteroatoms. The van der Waals surface area contributed by atoms with Crippen LogP contribution in [-0.2, 0) is 11.3 Å². The van der Waals surface area contributed by atoms with Gasteiger partial charge in [0.1, 0.15) is 0 Å². The monoisotopic (exact) mass is 489 g/mol. The average molecular weight is 489 g/mol. The van der Waals surface area contributed by atoms with Gasteiger partial charge in [0.15, 0.2) is 5.96 Å². The van der Waals surface area contributed by atoms with Crippen molar-refractivity contribution in [1.82, 2.24) is 20.5 Å². The number of hydrogen-bond acceptors (Lipinski definition) is 4. The van der Waals surface area contributed by atoms with E-state index in [1.165, 1.54) is 0 Å². The number of carbonyl (C=O) groups is 1. The van der Waals surface area contributed by atoms with Crippen molar-refractivity contribution in [1.29, 1.82) is 0 Å². The minimum Gasteiger partial charge on any atom is -0.477 e. The van der Waals surface area contributed by atoms with E-state index in [4.69, 9.17) is 4.74 Å².